The van der Waals surface area contributed by atoms with E-state index in [1.165, 1.54) is 6.07 Å². The lowest BCUT2D eigenvalue weighted by Gasteiger charge is -2.20. The number of rotatable bonds is 5. The second kappa shape index (κ2) is 8.46. The maximum absolute atomic E-state index is 14.2. The minimum atomic E-state index is -1.32. The van der Waals surface area contributed by atoms with Crippen molar-refractivity contribution in [2.24, 2.45) is 5.73 Å². The number of aromatic nitrogens is 1. The summed E-state index contributed by atoms with van der Waals surface area (Å²) >= 11 is 0. The number of hydrogen-bond acceptors (Lipinski definition) is 5. The molecule has 4 aromatic rings. The summed E-state index contributed by atoms with van der Waals surface area (Å²) in [5, 5.41) is 3.40. The fourth-order valence-corrected chi connectivity index (χ4v) is 3.88. The number of benzene rings is 2. The van der Waals surface area contributed by atoms with Crippen LogP contribution in [-0.2, 0) is 0 Å². The van der Waals surface area contributed by atoms with Gasteiger partial charge in [-0.15, -0.1) is 0 Å². The Morgan fingerprint density at radius 2 is 1.94 bits per heavy atom. The normalized spacial score (nSPS) is 12.0. The molecule has 0 saturated heterocycles. The van der Waals surface area contributed by atoms with Crippen LogP contribution in [0.2, 0.25) is 0 Å². The van der Waals surface area contributed by atoms with Crippen LogP contribution in [0.1, 0.15) is 40.0 Å². The van der Waals surface area contributed by atoms with Gasteiger partial charge in [-0.05, 0) is 56.7 Å². The van der Waals surface area contributed by atoms with Crippen molar-refractivity contribution in [3.8, 4) is 11.3 Å². The Balaban J connectivity index is 1.90. The third-order valence-corrected chi connectivity index (χ3v) is 5.50. The largest absolute Gasteiger partial charge is 0.455 e. The fraction of sp³-hybridized carbons (Fsp3) is 0.160. The first-order valence-corrected chi connectivity index (χ1v) is 10.2. The number of pyridine rings is 1. The van der Waals surface area contributed by atoms with Crippen molar-refractivity contribution in [3.05, 3.63) is 92.9 Å². The summed E-state index contributed by atoms with van der Waals surface area (Å²) in [4.78, 5) is 29.0. The van der Waals surface area contributed by atoms with E-state index in [0.717, 1.165) is 11.6 Å². The van der Waals surface area contributed by atoms with Gasteiger partial charge in [0.05, 0.1) is 17.1 Å². The number of anilines is 1. The van der Waals surface area contributed by atoms with E-state index >= 15 is 0 Å². The molecule has 2 aromatic carbocycles. The highest BCUT2D eigenvalue weighted by Crippen LogP contribution is 2.33. The summed E-state index contributed by atoms with van der Waals surface area (Å²) in [7, 11) is 0. The molecule has 3 N–H and O–H groups in total. The van der Waals surface area contributed by atoms with Gasteiger partial charge in [0.15, 0.2) is 17.1 Å². The third-order valence-electron chi connectivity index (χ3n) is 5.50. The molecule has 1 amide bonds. The van der Waals surface area contributed by atoms with Crippen molar-refractivity contribution in [2.45, 2.75) is 26.8 Å². The number of nitrogens with zero attached hydrogens (tertiary/aromatic N) is 1. The average Bonchev–Trinajstić information content (AvgIpc) is 2.79. The fourth-order valence-electron chi connectivity index (χ4n) is 3.88. The highest BCUT2D eigenvalue weighted by atomic mass is 19.2. The second-order valence-electron chi connectivity index (χ2n) is 7.87. The van der Waals surface area contributed by atoms with Crippen molar-refractivity contribution < 1.29 is 18.0 Å². The summed E-state index contributed by atoms with van der Waals surface area (Å²) in [6.07, 6.45) is 3.23. The minimum Gasteiger partial charge on any atom is -0.455 e. The predicted octanol–water partition coefficient (Wildman–Crippen LogP) is 5.02. The molecule has 0 aliphatic rings. The smallest absolute Gasteiger partial charge is 0.253 e. The maximum atomic E-state index is 14.2. The molecule has 0 bridgehead atoms. The van der Waals surface area contributed by atoms with E-state index in [2.05, 4.69) is 10.3 Å². The Morgan fingerprint density at radius 1 is 1.18 bits per heavy atom. The molecule has 0 aliphatic carbocycles. The third kappa shape index (κ3) is 3.95. The van der Waals surface area contributed by atoms with E-state index in [9.17, 15) is 18.4 Å². The molecule has 6 nitrogen and oxygen atoms in total. The number of halogens is 2. The molecule has 0 fully saturated rings. The lowest BCUT2D eigenvalue weighted by Crippen LogP contribution is -2.19. The Labute approximate surface area is 188 Å². The van der Waals surface area contributed by atoms with E-state index in [-0.39, 0.29) is 11.1 Å². The summed E-state index contributed by atoms with van der Waals surface area (Å²) in [6.45, 7) is 5.29. The van der Waals surface area contributed by atoms with Crippen LogP contribution in [0.25, 0.3) is 22.3 Å². The molecule has 4 rings (SSSR count). The molecule has 8 heteroatoms. The lowest BCUT2D eigenvalue weighted by molar-refractivity contribution is 0.0996. The average molecular weight is 449 g/mol. The van der Waals surface area contributed by atoms with Crippen LogP contribution in [0.4, 0.5) is 14.5 Å². The molecule has 0 radical (unpaired) electrons. The summed E-state index contributed by atoms with van der Waals surface area (Å²) in [5.74, 6) is -3.21. The van der Waals surface area contributed by atoms with Gasteiger partial charge in [0.2, 0.25) is 0 Å². The van der Waals surface area contributed by atoms with Crippen molar-refractivity contribution in [1.82, 2.24) is 4.98 Å². The number of nitrogens with two attached hydrogens (primary N) is 1. The van der Waals surface area contributed by atoms with E-state index in [1.807, 2.05) is 13.0 Å². The topological polar surface area (TPSA) is 98.2 Å². The first-order chi connectivity index (χ1) is 15.7. The lowest BCUT2D eigenvalue weighted by atomic mass is 9.98. The van der Waals surface area contributed by atoms with Crippen LogP contribution < -0.4 is 16.5 Å². The SMILES string of the molecule is Cc1cc(C(C)Nc2ccc(F)c(F)c2C(N)=O)c2oc(-c3cccnc3)c(C)c(=O)c2c1. The first kappa shape index (κ1) is 22.1. The van der Waals surface area contributed by atoms with E-state index in [0.29, 0.717) is 33.4 Å². The van der Waals surface area contributed by atoms with E-state index in [4.69, 9.17) is 10.2 Å². The number of nitrogens with one attached hydrogen (secondary N) is 1. The van der Waals surface area contributed by atoms with Gasteiger partial charge in [0, 0.05) is 29.1 Å². The zero-order chi connectivity index (χ0) is 23.9. The number of primary amides is 1. The van der Waals surface area contributed by atoms with Crippen LogP contribution in [0.3, 0.4) is 0 Å². The van der Waals surface area contributed by atoms with Gasteiger partial charge in [0.1, 0.15) is 16.9 Å². The predicted molar refractivity (Wildman–Crippen MR) is 122 cm³/mol. The minimum absolute atomic E-state index is 0.0329. The number of hydrogen-bond donors (Lipinski definition) is 2. The van der Waals surface area contributed by atoms with Crippen LogP contribution in [0.5, 0.6) is 0 Å². The molecule has 0 spiro atoms. The molecule has 2 heterocycles. The standard InChI is InChI=1S/C25H21F2N3O3/c1-12-9-16(14(3)30-19-7-6-18(26)21(27)20(19)25(28)32)24-17(10-12)22(31)13(2)23(33-24)15-5-4-8-29-11-15/h4-11,14,30H,1-3H3,(H2,28,32). The molecular weight excluding hydrogens is 428 g/mol. The Hall–Kier alpha value is -4.07. The highest BCUT2D eigenvalue weighted by molar-refractivity contribution is 5.99. The van der Waals surface area contributed by atoms with Gasteiger partial charge in [-0.1, -0.05) is 6.07 Å². The van der Waals surface area contributed by atoms with Crippen molar-refractivity contribution >= 4 is 22.6 Å². The second-order valence-corrected chi connectivity index (χ2v) is 7.87. The number of amides is 1. The Morgan fingerprint density at radius 3 is 2.61 bits per heavy atom. The van der Waals surface area contributed by atoms with Gasteiger partial charge in [-0.25, -0.2) is 8.78 Å². The molecule has 0 saturated carbocycles. The Bertz CT molecular complexity index is 1450. The first-order valence-electron chi connectivity index (χ1n) is 10.2. The van der Waals surface area contributed by atoms with Crippen molar-refractivity contribution in [3.63, 3.8) is 0 Å². The quantitative estimate of drug-likeness (QED) is 0.446. The number of aryl methyl sites for hydroxylation is 1. The van der Waals surface area contributed by atoms with Crippen LogP contribution in [0, 0.1) is 25.5 Å². The van der Waals surface area contributed by atoms with E-state index < -0.39 is 29.1 Å². The number of carbonyl (C=O) groups excluding carboxylic acids is 1. The van der Waals surface area contributed by atoms with E-state index in [1.54, 1.807) is 44.4 Å². The zero-order valence-electron chi connectivity index (χ0n) is 18.2. The van der Waals surface area contributed by atoms with Crippen LogP contribution in [-0.4, -0.2) is 10.9 Å². The van der Waals surface area contributed by atoms with Crippen molar-refractivity contribution in [2.75, 3.05) is 5.32 Å². The maximum Gasteiger partial charge on any atom is 0.253 e. The number of carbonyl (C=O) groups is 1. The molecule has 0 aliphatic heterocycles. The zero-order valence-corrected chi connectivity index (χ0v) is 18.2. The van der Waals surface area contributed by atoms with Gasteiger partial charge in [-0.3, -0.25) is 14.6 Å². The van der Waals surface area contributed by atoms with Crippen molar-refractivity contribution in [1.29, 1.82) is 0 Å². The molecule has 2 aromatic heterocycles. The van der Waals surface area contributed by atoms with Gasteiger partial charge < -0.3 is 15.5 Å². The Kier molecular flexibility index (Phi) is 5.68. The van der Waals surface area contributed by atoms with Crippen LogP contribution in [0.15, 0.2) is 58.0 Å². The molecule has 33 heavy (non-hydrogen) atoms. The summed E-state index contributed by atoms with van der Waals surface area (Å²) < 4.78 is 34.1. The molecule has 1 unspecified atom stereocenters. The van der Waals surface area contributed by atoms with Crippen LogP contribution >= 0.6 is 0 Å². The monoisotopic (exact) mass is 449 g/mol. The molecule has 168 valence electrons. The number of fused-ring (bicyclic) bond motifs is 1. The van der Waals surface area contributed by atoms with Gasteiger partial charge in [-0.2, -0.15) is 0 Å². The molecule has 1 atom stereocenters. The van der Waals surface area contributed by atoms with Gasteiger partial charge >= 0.3 is 0 Å². The summed E-state index contributed by atoms with van der Waals surface area (Å²) in [5.41, 5.74) is 7.42. The van der Waals surface area contributed by atoms with Gasteiger partial charge in [0.25, 0.3) is 5.91 Å². The summed E-state index contributed by atoms with van der Waals surface area (Å²) in [6, 6.07) is 8.71. The molecular formula is C25H21F2N3O3. The highest BCUT2D eigenvalue weighted by Gasteiger charge is 2.22.